The monoisotopic (exact) mass is 468 g/mol. The molecule has 0 saturated carbocycles. The predicted octanol–water partition coefficient (Wildman–Crippen LogP) is 2.88. The molecule has 2 aromatic carbocycles. The summed E-state index contributed by atoms with van der Waals surface area (Å²) in [6.07, 6.45) is 6.04. The van der Waals surface area contributed by atoms with Crippen molar-refractivity contribution in [2.24, 2.45) is 17.4 Å². The zero-order chi connectivity index (χ0) is 24.9. The van der Waals surface area contributed by atoms with Gasteiger partial charge in [-0.2, -0.15) is 0 Å². The number of hydrogen-bond donors (Lipinski definition) is 2. The van der Waals surface area contributed by atoms with Crippen molar-refractivity contribution in [2.75, 3.05) is 40.5 Å². The quantitative estimate of drug-likeness (QED) is 0.320. The van der Waals surface area contributed by atoms with E-state index in [-0.39, 0.29) is 11.6 Å². The highest BCUT2D eigenvalue weighted by molar-refractivity contribution is 6.13. The molecule has 8 heteroatoms. The van der Waals surface area contributed by atoms with Gasteiger partial charge in [-0.05, 0) is 54.5 Å². The lowest BCUT2D eigenvalue weighted by atomic mass is 9.99. The van der Waals surface area contributed by atoms with E-state index < -0.39 is 5.92 Å². The number of carbonyl (C=O) groups excluding carboxylic acids is 2. The summed E-state index contributed by atoms with van der Waals surface area (Å²) < 4.78 is 21.7. The fraction of sp³-hybridized carbons (Fsp3) is 0.308. The second-order valence-corrected chi connectivity index (χ2v) is 7.29. The van der Waals surface area contributed by atoms with E-state index in [0.717, 1.165) is 11.1 Å². The molecule has 0 heterocycles. The molecule has 0 fully saturated rings. The van der Waals surface area contributed by atoms with Gasteiger partial charge in [0.15, 0.2) is 34.6 Å². The summed E-state index contributed by atoms with van der Waals surface area (Å²) in [5, 5.41) is 0. The molecule has 2 rings (SSSR count). The molecule has 0 radical (unpaired) electrons. The second-order valence-electron chi connectivity index (χ2n) is 7.29. The SMILES string of the molecule is COc1cc(/C=C/C(=O)C(C)C(=O)/C=C/c2ccc(OCCN)c(OC)c2)ccc1OCCN. The third-order valence-corrected chi connectivity index (χ3v) is 4.86. The van der Waals surface area contributed by atoms with Crippen LogP contribution < -0.4 is 30.4 Å². The van der Waals surface area contributed by atoms with Crippen LogP contribution in [0.3, 0.4) is 0 Å². The van der Waals surface area contributed by atoms with Gasteiger partial charge in [-0.1, -0.05) is 24.3 Å². The van der Waals surface area contributed by atoms with Crippen molar-refractivity contribution in [3.63, 3.8) is 0 Å². The lowest BCUT2D eigenvalue weighted by molar-refractivity contribution is -0.126. The van der Waals surface area contributed by atoms with Crippen molar-refractivity contribution in [2.45, 2.75) is 6.92 Å². The number of carbonyl (C=O) groups is 2. The van der Waals surface area contributed by atoms with Gasteiger partial charge in [-0.3, -0.25) is 9.59 Å². The first-order valence-corrected chi connectivity index (χ1v) is 10.9. The van der Waals surface area contributed by atoms with Gasteiger partial charge in [0.25, 0.3) is 0 Å². The molecule has 0 aliphatic rings. The Bertz CT molecular complexity index is 950. The number of ether oxygens (including phenoxy) is 4. The molecule has 0 saturated heterocycles. The molecule has 8 nitrogen and oxygen atoms in total. The molecule has 0 aliphatic heterocycles. The summed E-state index contributed by atoms with van der Waals surface area (Å²) in [5.74, 6) is 0.771. The number of nitrogens with two attached hydrogens (primary N) is 2. The van der Waals surface area contributed by atoms with Crippen LogP contribution in [0.5, 0.6) is 23.0 Å². The Morgan fingerprint density at radius 1 is 0.765 bits per heavy atom. The van der Waals surface area contributed by atoms with E-state index >= 15 is 0 Å². The van der Waals surface area contributed by atoms with E-state index in [1.165, 1.54) is 26.4 Å². The van der Waals surface area contributed by atoms with Crippen molar-refractivity contribution in [3.05, 3.63) is 59.7 Å². The van der Waals surface area contributed by atoms with Crippen LogP contribution in [0.2, 0.25) is 0 Å². The van der Waals surface area contributed by atoms with Crippen LogP contribution >= 0.6 is 0 Å². The van der Waals surface area contributed by atoms with Crippen molar-refractivity contribution in [3.8, 4) is 23.0 Å². The zero-order valence-corrected chi connectivity index (χ0v) is 19.8. The van der Waals surface area contributed by atoms with Gasteiger partial charge in [0.2, 0.25) is 0 Å². The molecule has 4 N–H and O–H groups in total. The minimum Gasteiger partial charge on any atom is -0.493 e. The molecule has 0 bridgehead atoms. The summed E-state index contributed by atoms with van der Waals surface area (Å²) in [6.45, 7) is 3.10. The van der Waals surface area contributed by atoms with Crippen LogP contribution in [0.25, 0.3) is 12.2 Å². The molecule has 0 aromatic heterocycles. The molecule has 0 amide bonds. The van der Waals surface area contributed by atoms with E-state index in [1.807, 2.05) is 0 Å². The molecular formula is C26H32N2O6. The maximum Gasteiger partial charge on any atom is 0.166 e. The average molecular weight is 469 g/mol. The lowest BCUT2D eigenvalue weighted by Crippen LogP contribution is -2.17. The van der Waals surface area contributed by atoms with Gasteiger partial charge in [0.1, 0.15) is 13.2 Å². The maximum atomic E-state index is 12.5. The third kappa shape index (κ3) is 7.75. The number of allylic oxidation sites excluding steroid dienone is 2. The van der Waals surface area contributed by atoms with Gasteiger partial charge in [-0.25, -0.2) is 0 Å². The van der Waals surface area contributed by atoms with Crippen molar-refractivity contribution >= 4 is 23.7 Å². The first-order chi connectivity index (χ1) is 16.4. The largest absolute Gasteiger partial charge is 0.493 e. The second kappa shape index (κ2) is 13.8. The molecule has 0 atom stereocenters. The summed E-state index contributed by atoms with van der Waals surface area (Å²) in [5.41, 5.74) is 12.4. The number of benzene rings is 2. The first kappa shape index (κ1) is 26.6. The fourth-order valence-electron chi connectivity index (χ4n) is 2.94. The smallest absolute Gasteiger partial charge is 0.166 e. The van der Waals surface area contributed by atoms with Gasteiger partial charge >= 0.3 is 0 Å². The Morgan fingerprint density at radius 3 is 1.53 bits per heavy atom. The van der Waals surface area contributed by atoms with Gasteiger partial charge in [0, 0.05) is 13.1 Å². The summed E-state index contributed by atoms with van der Waals surface area (Å²) in [4.78, 5) is 25.0. The Labute approximate surface area is 200 Å². The Kier molecular flexibility index (Phi) is 10.8. The molecular weight excluding hydrogens is 436 g/mol. The standard InChI is InChI=1S/C26H32N2O6/c1-18(21(29)8-4-19-6-10-23(33-14-12-27)25(16-19)31-2)22(30)9-5-20-7-11-24(34-15-13-28)26(17-20)32-3/h4-11,16-18H,12-15,27-28H2,1-3H3/b8-4+,9-5+. The van der Waals surface area contributed by atoms with Crippen LogP contribution in [-0.4, -0.2) is 52.1 Å². The van der Waals surface area contributed by atoms with Crippen LogP contribution in [-0.2, 0) is 9.59 Å². The third-order valence-electron chi connectivity index (χ3n) is 4.86. The maximum absolute atomic E-state index is 12.5. The summed E-state index contributed by atoms with van der Waals surface area (Å²) in [7, 11) is 3.07. The normalized spacial score (nSPS) is 11.2. The van der Waals surface area contributed by atoms with Crippen LogP contribution in [0, 0.1) is 5.92 Å². The van der Waals surface area contributed by atoms with Crippen molar-refractivity contribution < 1.29 is 28.5 Å². The van der Waals surface area contributed by atoms with Crippen LogP contribution in [0.4, 0.5) is 0 Å². The fourth-order valence-corrected chi connectivity index (χ4v) is 2.94. The predicted molar refractivity (Wildman–Crippen MR) is 132 cm³/mol. The van der Waals surface area contributed by atoms with E-state index in [4.69, 9.17) is 30.4 Å². The van der Waals surface area contributed by atoms with E-state index in [0.29, 0.717) is 49.3 Å². The Hall–Kier alpha value is -3.62. The minimum absolute atomic E-state index is 0.305. The highest BCUT2D eigenvalue weighted by Gasteiger charge is 2.17. The zero-order valence-electron chi connectivity index (χ0n) is 19.8. The number of rotatable bonds is 14. The van der Waals surface area contributed by atoms with E-state index in [1.54, 1.807) is 55.5 Å². The molecule has 2 aromatic rings. The number of methoxy groups -OCH3 is 2. The topological polar surface area (TPSA) is 123 Å². The van der Waals surface area contributed by atoms with E-state index in [9.17, 15) is 9.59 Å². The number of hydrogen-bond acceptors (Lipinski definition) is 8. The Morgan fingerprint density at radius 2 is 1.18 bits per heavy atom. The molecule has 182 valence electrons. The number of ketones is 2. The molecule has 0 unspecified atom stereocenters. The molecule has 34 heavy (non-hydrogen) atoms. The van der Waals surface area contributed by atoms with Crippen molar-refractivity contribution in [1.82, 2.24) is 0 Å². The molecule has 0 aliphatic carbocycles. The van der Waals surface area contributed by atoms with Crippen LogP contribution in [0.1, 0.15) is 18.1 Å². The van der Waals surface area contributed by atoms with Gasteiger partial charge in [-0.15, -0.1) is 0 Å². The van der Waals surface area contributed by atoms with Gasteiger partial charge < -0.3 is 30.4 Å². The summed E-state index contributed by atoms with van der Waals surface area (Å²) in [6, 6.07) is 10.6. The lowest BCUT2D eigenvalue weighted by Gasteiger charge is -2.10. The molecule has 0 spiro atoms. The van der Waals surface area contributed by atoms with Crippen molar-refractivity contribution in [1.29, 1.82) is 0 Å². The first-order valence-electron chi connectivity index (χ1n) is 10.9. The summed E-state index contributed by atoms with van der Waals surface area (Å²) >= 11 is 0. The minimum atomic E-state index is -0.824. The average Bonchev–Trinajstić information content (AvgIpc) is 2.87. The van der Waals surface area contributed by atoms with E-state index in [2.05, 4.69) is 0 Å². The van der Waals surface area contributed by atoms with Crippen LogP contribution in [0.15, 0.2) is 48.6 Å². The van der Waals surface area contributed by atoms with Gasteiger partial charge in [0.05, 0.1) is 20.1 Å². The highest BCUT2D eigenvalue weighted by Crippen LogP contribution is 2.29. The Balaban J connectivity index is 2.03. The highest BCUT2D eigenvalue weighted by atomic mass is 16.5.